The molecule has 0 radical (unpaired) electrons. The van der Waals surface area contributed by atoms with Crippen LogP contribution in [-0.2, 0) is 31.6 Å². The number of halogens is 2. The van der Waals surface area contributed by atoms with E-state index in [1.165, 1.54) is 50.4 Å². The van der Waals surface area contributed by atoms with E-state index in [2.05, 4.69) is 20.1 Å². The number of likely N-dealkylation sites (tertiary alicyclic amines) is 1. The number of anilines is 3. The molecule has 4 amide bonds. The van der Waals surface area contributed by atoms with E-state index in [9.17, 15) is 38.0 Å². The quantitative estimate of drug-likeness (QED) is 0.180. The number of aromatic nitrogens is 4. The van der Waals surface area contributed by atoms with Gasteiger partial charge in [0.15, 0.2) is 17.4 Å². The fraction of sp³-hybridized carbons (Fsp3) is 0.468. The van der Waals surface area contributed by atoms with Crippen molar-refractivity contribution in [2.75, 3.05) is 66.9 Å². The zero-order valence-corrected chi connectivity index (χ0v) is 38.9. The number of nitrogens with zero attached hydrogens (tertiary/aromatic N) is 9. The number of rotatable bonds is 10. The summed E-state index contributed by atoms with van der Waals surface area (Å²) in [5.74, 6) is -1.55. The Morgan fingerprint density at radius 3 is 2.49 bits per heavy atom. The average molecular weight is 982 g/mol. The Hall–Kier alpha value is -6.74. The van der Waals surface area contributed by atoms with Crippen LogP contribution in [0.1, 0.15) is 63.0 Å². The van der Waals surface area contributed by atoms with Crippen molar-refractivity contribution in [3.63, 3.8) is 0 Å². The first kappa shape index (κ1) is 45.7. The highest BCUT2D eigenvalue weighted by Gasteiger charge is 2.49. The average Bonchev–Trinajstić information content (AvgIpc) is 3.56. The van der Waals surface area contributed by atoms with E-state index >= 15 is 8.78 Å². The maximum absolute atomic E-state index is 15.7. The lowest BCUT2D eigenvalue weighted by Crippen LogP contribution is -2.51. The van der Waals surface area contributed by atoms with Gasteiger partial charge in [-0.05, 0) is 92.8 Å². The van der Waals surface area contributed by atoms with Crippen LogP contribution < -0.4 is 30.1 Å². The Balaban J connectivity index is 0.707. The smallest absolute Gasteiger partial charge is 0.329 e. The molecule has 2 aromatic heterocycles. The number of aryl methyl sites for hydroxylation is 1. The fourth-order valence-corrected chi connectivity index (χ4v) is 12.2. The monoisotopic (exact) mass is 981 g/mol. The molecule has 3 atom stereocenters. The molecule has 5 aromatic rings. The van der Waals surface area contributed by atoms with Crippen molar-refractivity contribution in [3.05, 3.63) is 76.3 Å². The van der Waals surface area contributed by atoms with Gasteiger partial charge < -0.3 is 24.4 Å². The Morgan fingerprint density at radius 1 is 1.00 bits per heavy atom. The van der Waals surface area contributed by atoms with Crippen LogP contribution in [0.5, 0.6) is 11.5 Å². The second-order valence-corrected chi connectivity index (χ2v) is 21.1. The molecule has 2 unspecified atom stereocenters. The van der Waals surface area contributed by atoms with E-state index in [0.717, 1.165) is 12.5 Å². The summed E-state index contributed by atoms with van der Waals surface area (Å²) in [6.45, 7) is 2.48. The van der Waals surface area contributed by atoms with Crippen LogP contribution in [0.2, 0.25) is 0 Å². The molecular weight excluding hydrogens is 933 g/mol. The molecule has 6 aliphatic rings. The number of aliphatic hydroxyl groups is 1. The summed E-state index contributed by atoms with van der Waals surface area (Å²) in [7, 11) is -2.31. The number of hydrogen-bond donors (Lipinski definition) is 3. The Kier molecular flexibility index (Phi) is 11.1. The van der Waals surface area contributed by atoms with Gasteiger partial charge in [-0.15, -0.1) is 0 Å². The molecule has 366 valence electrons. The number of hydrogen-bond acceptors (Lipinski definition) is 13. The molecule has 5 aliphatic heterocycles. The lowest BCUT2D eigenvalue weighted by Gasteiger charge is -2.42. The number of amides is 4. The van der Waals surface area contributed by atoms with Crippen molar-refractivity contribution >= 4 is 67.1 Å². The van der Waals surface area contributed by atoms with E-state index in [1.807, 2.05) is 11.0 Å². The number of ether oxygens (including phenoxy) is 2. The topological polar surface area (TPSA) is 238 Å². The number of carbonyl (C=O) groups excluding carboxylic acids is 3. The molecule has 7 heterocycles. The van der Waals surface area contributed by atoms with Crippen LogP contribution in [0.25, 0.3) is 21.8 Å². The van der Waals surface area contributed by atoms with Gasteiger partial charge in [-0.3, -0.25) is 38.6 Å². The van der Waals surface area contributed by atoms with Crippen molar-refractivity contribution in [1.82, 2.24) is 33.9 Å². The molecule has 5 saturated heterocycles. The van der Waals surface area contributed by atoms with Gasteiger partial charge >= 0.3 is 16.2 Å². The van der Waals surface area contributed by atoms with Crippen LogP contribution in [0.15, 0.2) is 53.6 Å². The van der Waals surface area contributed by atoms with Gasteiger partial charge in [-0.1, -0.05) is 0 Å². The molecule has 1 saturated carbocycles. The Morgan fingerprint density at radius 2 is 1.76 bits per heavy atom. The van der Waals surface area contributed by atoms with E-state index in [4.69, 9.17) is 9.47 Å². The van der Waals surface area contributed by atoms with Crippen molar-refractivity contribution < 1.29 is 46.2 Å². The van der Waals surface area contributed by atoms with Crippen molar-refractivity contribution in [2.24, 2.45) is 18.9 Å². The summed E-state index contributed by atoms with van der Waals surface area (Å²) in [6, 6.07) is 10.5. The predicted octanol–water partition coefficient (Wildman–Crippen LogP) is 4.02. The zero-order chi connectivity index (χ0) is 48.9. The third-order valence-electron chi connectivity index (χ3n) is 15.1. The first-order valence-electron chi connectivity index (χ1n) is 23.4. The summed E-state index contributed by atoms with van der Waals surface area (Å²) in [6.07, 6.45) is 4.41. The van der Waals surface area contributed by atoms with Gasteiger partial charge in [0, 0.05) is 64.7 Å². The molecule has 20 nitrogen and oxygen atoms in total. The number of nitrogens with one attached hydrogen (secondary N) is 2. The van der Waals surface area contributed by atoms with Crippen molar-refractivity contribution in [3.8, 4) is 17.6 Å². The lowest BCUT2D eigenvalue weighted by atomic mass is 9.85. The summed E-state index contributed by atoms with van der Waals surface area (Å²) in [5, 5.41) is 29.0. The van der Waals surface area contributed by atoms with Crippen molar-refractivity contribution in [1.29, 1.82) is 5.26 Å². The van der Waals surface area contributed by atoms with E-state index in [0.29, 0.717) is 92.5 Å². The highest BCUT2D eigenvalue weighted by molar-refractivity contribution is 7.90. The summed E-state index contributed by atoms with van der Waals surface area (Å²) in [5.41, 5.74) is -1.53. The SMILES string of the molecule is Cn1nc(N2CCC(=O)NC2=O)c2cc(F)c(N3CCC(O)(CC(=O)N4CCC5(CC4)C[C@@H](n4cnc6ccc(Oc7c(F)ccc(NS(=O)(=O)N8CC9CC9C8)c7C#N)cc6c4=O)CO5)CC3)cc21. The van der Waals surface area contributed by atoms with Crippen LogP contribution in [-0.4, -0.2) is 124 Å². The number of imide groups is 1. The van der Waals surface area contributed by atoms with E-state index in [-0.39, 0.29) is 84.9 Å². The molecule has 0 bridgehead atoms. The molecule has 1 aliphatic carbocycles. The van der Waals surface area contributed by atoms with Crippen LogP contribution in [0.3, 0.4) is 0 Å². The third-order valence-corrected chi connectivity index (χ3v) is 16.5. The number of carbonyl (C=O) groups is 3. The standard InChI is InChI=1S/C47H49F2N11O9S/c1-55-38-19-39(35(49)18-32(38)43(53-55)59-11-6-40(61)52-45(59)64)56-12-7-46(65,8-13-56)21-41(62)57-14-9-47(10-15-57)20-29(25-68-47)60-26-51-36-4-2-30(17-31(36)44(60)63)69-42-33(22-50)37(5-3-34(42)48)54-70(66,67)58-23-27-16-28(27)24-58/h2-5,17-19,26-29,54,65H,6-16,20-21,23-25H2,1H3,(H,52,61,64)/t27?,28?,29-/m1/s1. The first-order chi connectivity index (χ1) is 33.5. The molecule has 3 aromatic carbocycles. The van der Waals surface area contributed by atoms with Crippen LogP contribution >= 0.6 is 0 Å². The Bertz CT molecular complexity index is 3220. The number of benzene rings is 3. The number of fused-ring (bicyclic) bond motifs is 3. The van der Waals surface area contributed by atoms with Gasteiger partial charge in [0.1, 0.15) is 23.2 Å². The molecule has 11 rings (SSSR count). The van der Waals surface area contributed by atoms with E-state index in [1.54, 1.807) is 22.7 Å². The van der Waals surface area contributed by atoms with Gasteiger partial charge in [0.05, 0.1) is 64.4 Å². The minimum atomic E-state index is -4.00. The largest absolute Gasteiger partial charge is 0.453 e. The molecule has 6 fully saturated rings. The molecular formula is C47H49F2N11O9S. The number of piperidine rings is 3. The maximum atomic E-state index is 15.7. The minimum absolute atomic E-state index is 0.0317. The first-order valence-corrected chi connectivity index (χ1v) is 24.8. The molecule has 23 heteroatoms. The molecule has 1 spiro atoms. The highest BCUT2D eigenvalue weighted by Crippen LogP contribution is 2.46. The number of nitriles is 1. The fourth-order valence-electron chi connectivity index (χ4n) is 10.9. The molecule has 70 heavy (non-hydrogen) atoms. The maximum Gasteiger partial charge on any atom is 0.329 e. The second-order valence-electron chi connectivity index (χ2n) is 19.5. The zero-order valence-electron chi connectivity index (χ0n) is 38.1. The predicted molar refractivity (Wildman–Crippen MR) is 248 cm³/mol. The summed E-state index contributed by atoms with van der Waals surface area (Å²) < 4.78 is 76.3. The highest BCUT2D eigenvalue weighted by atomic mass is 32.2. The Labute approximate surface area is 399 Å². The van der Waals surface area contributed by atoms with Crippen molar-refractivity contribution in [2.45, 2.75) is 68.6 Å². The van der Waals surface area contributed by atoms with Gasteiger partial charge in [-0.2, -0.15) is 23.1 Å². The van der Waals surface area contributed by atoms with E-state index < -0.39 is 50.4 Å². The van der Waals surface area contributed by atoms with Gasteiger partial charge in [0.25, 0.3) is 5.56 Å². The number of urea groups is 1. The van der Waals surface area contributed by atoms with Crippen LogP contribution in [0, 0.1) is 34.8 Å². The lowest BCUT2D eigenvalue weighted by molar-refractivity contribution is -0.142. The minimum Gasteiger partial charge on any atom is -0.453 e. The molecule has 3 N–H and O–H groups in total. The summed E-state index contributed by atoms with van der Waals surface area (Å²) in [4.78, 5) is 61.3. The normalized spacial score (nSPS) is 23.2. The third kappa shape index (κ3) is 8.24. The summed E-state index contributed by atoms with van der Waals surface area (Å²) >= 11 is 0. The van der Waals surface area contributed by atoms with Gasteiger partial charge in [0.2, 0.25) is 11.8 Å². The van der Waals surface area contributed by atoms with Gasteiger partial charge in [-0.25, -0.2) is 18.6 Å². The second kappa shape index (κ2) is 17.0. The van der Waals surface area contributed by atoms with Crippen LogP contribution in [0.4, 0.5) is 30.8 Å².